The van der Waals surface area contributed by atoms with Gasteiger partial charge in [0.25, 0.3) is 0 Å². The van der Waals surface area contributed by atoms with Crippen LogP contribution in [0, 0.1) is 12.8 Å². The van der Waals surface area contributed by atoms with Crippen molar-refractivity contribution in [3.8, 4) is 22.2 Å². The lowest BCUT2D eigenvalue weighted by Crippen LogP contribution is -2.51. The molecule has 1 amide bonds. The number of carbonyl (C=O) groups is 2. The molecule has 208 valence electrons. The summed E-state index contributed by atoms with van der Waals surface area (Å²) >= 11 is 1.56. The molecule has 2 N–H and O–H groups in total. The molecule has 9 nitrogen and oxygen atoms in total. The number of methoxy groups -OCH3 is 2. The van der Waals surface area contributed by atoms with E-state index in [4.69, 9.17) is 24.2 Å². The van der Waals surface area contributed by atoms with Crippen molar-refractivity contribution in [2.45, 2.75) is 70.6 Å². The predicted molar refractivity (Wildman–Crippen MR) is 150 cm³/mol. The van der Waals surface area contributed by atoms with Crippen LogP contribution in [0.25, 0.3) is 21.6 Å². The summed E-state index contributed by atoms with van der Waals surface area (Å²) in [5.74, 6) is 1.29. The molecular weight excluding hydrogens is 516 g/mol. The normalized spacial score (nSPS) is 24.1. The van der Waals surface area contributed by atoms with Crippen molar-refractivity contribution >= 4 is 34.1 Å². The first-order valence-electron chi connectivity index (χ1n) is 13.4. The van der Waals surface area contributed by atoms with Gasteiger partial charge in [-0.2, -0.15) is 0 Å². The number of hydrogen-bond donors (Lipinski definition) is 2. The molecule has 2 aliphatic rings. The Morgan fingerprint density at radius 3 is 2.67 bits per heavy atom. The molecule has 10 heteroatoms. The number of nitrogens with zero attached hydrogens (tertiary/aromatic N) is 2. The zero-order valence-corrected chi connectivity index (χ0v) is 24.1. The number of esters is 1. The maximum Gasteiger partial charge on any atom is 0.331 e. The molecule has 0 bridgehead atoms. The fourth-order valence-electron chi connectivity index (χ4n) is 5.41. The minimum absolute atomic E-state index is 0.103. The Morgan fingerprint density at radius 2 is 2.03 bits per heavy atom. The molecular formula is C29H36N4O5S. The Hall–Kier alpha value is -3.24. The molecule has 1 saturated heterocycles. The number of carbonyl (C=O) groups excluding carboxylic acids is 2. The van der Waals surface area contributed by atoms with Crippen molar-refractivity contribution in [3.05, 3.63) is 34.8 Å². The number of hydrogen-bond acceptors (Lipinski definition) is 9. The predicted octanol–water partition coefficient (Wildman–Crippen LogP) is 4.37. The van der Waals surface area contributed by atoms with E-state index in [1.165, 1.54) is 7.11 Å². The number of aryl methyl sites for hydroxylation is 1. The van der Waals surface area contributed by atoms with Crippen molar-refractivity contribution in [1.82, 2.24) is 20.6 Å². The molecule has 0 spiro atoms. The molecule has 2 fully saturated rings. The lowest BCUT2D eigenvalue weighted by molar-refractivity contribution is -0.147. The zero-order chi connectivity index (χ0) is 27.9. The number of rotatable bonds is 9. The van der Waals surface area contributed by atoms with Gasteiger partial charge >= 0.3 is 5.97 Å². The first kappa shape index (κ1) is 27.3. The Morgan fingerprint density at radius 1 is 1.23 bits per heavy atom. The first-order chi connectivity index (χ1) is 18.7. The maximum absolute atomic E-state index is 13.1. The van der Waals surface area contributed by atoms with Crippen molar-refractivity contribution in [1.29, 1.82) is 0 Å². The van der Waals surface area contributed by atoms with Gasteiger partial charge < -0.3 is 24.8 Å². The van der Waals surface area contributed by atoms with E-state index in [1.54, 1.807) is 18.4 Å². The van der Waals surface area contributed by atoms with Gasteiger partial charge in [0.15, 0.2) is 0 Å². The monoisotopic (exact) mass is 552 g/mol. The van der Waals surface area contributed by atoms with E-state index in [-0.39, 0.29) is 23.9 Å². The average molecular weight is 553 g/mol. The highest BCUT2D eigenvalue weighted by molar-refractivity contribution is 7.13. The molecule has 39 heavy (non-hydrogen) atoms. The second-order valence-corrected chi connectivity index (χ2v) is 11.6. The Bertz CT molecular complexity index is 1410. The fraction of sp³-hybridized carbons (Fsp3) is 0.517. The smallest absolute Gasteiger partial charge is 0.331 e. The van der Waals surface area contributed by atoms with Crippen LogP contribution in [-0.2, 0) is 14.3 Å². The fourth-order valence-corrected chi connectivity index (χ4v) is 6.36. The van der Waals surface area contributed by atoms with E-state index in [0.29, 0.717) is 31.1 Å². The lowest BCUT2D eigenvalue weighted by atomic mass is 10.1. The van der Waals surface area contributed by atoms with Crippen molar-refractivity contribution in [2.75, 3.05) is 20.8 Å². The van der Waals surface area contributed by atoms with Gasteiger partial charge in [0.05, 0.1) is 31.5 Å². The maximum atomic E-state index is 13.1. The summed E-state index contributed by atoms with van der Waals surface area (Å²) in [6.45, 7) is 8.74. The van der Waals surface area contributed by atoms with Crippen LogP contribution in [0.4, 0.5) is 0 Å². The molecule has 3 heterocycles. The summed E-state index contributed by atoms with van der Waals surface area (Å²) in [5, 5.41) is 10.0. The Labute approximate surface area is 232 Å². The first-order valence-corrected chi connectivity index (χ1v) is 14.3. The van der Waals surface area contributed by atoms with Gasteiger partial charge in [0, 0.05) is 35.4 Å². The minimum Gasteiger partial charge on any atom is -0.496 e. The third-order valence-electron chi connectivity index (χ3n) is 7.89. The van der Waals surface area contributed by atoms with Gasteiger partial charge in [-0.3, -0.25) is 4.79 Å². The number of aromatic nitrogens is 2. The molecule has 0 radical (unpaired) electrons. The summed E-state index contributed by atoms with van der Waals surface area (Å²) in [7, 11) is 3.01. The van der Waals surface area contributed by atoms with Crippen LogP contribution < -0.4 is 20.1 Å². The highest BCUT2D eigenvalue weighted by atomic mass is 32.1. The van der Waals surface area contributed by atoms with E-state index in [0.717, 1.165) is 45.0 Å². The number of benzene rings is 1. The van der Waals surface area contributed by atoms with Gasteiger partial charge in [-0.25, -0.2) is 14.8 Å². The van der Waals surface area contributed by atoms with Crippen molar-refractivity contribution in [3.63, 3.8) is 0 Å². The van der Waals surface area contributed by atoms with E-state index in [9.17, 15) is 9.59 Å². The van der Waals surface area contributed by atoms with E-state index in [1.807, 2.05) is 32.0 Å². The molecule has 4 atom stereocenters. The van der Waals surface area contributed by atoms with E-state index >= 15 is 0 Å². The quantitative estimate of drug-likeness (QED) is 0.377. The van der Waals surface area contributed by atoms with Gasteiger partial charge in [-0.15, -0.1) is 11.3 Å². The number of pyridine rings is 1. The van der Waals surface area contributed by atoms with Gasteiger partial charge in [0.1, 0.15) is 33.8 Å². The molecule has 1 saturated carbocycles. The summed E-state index contributed by atoms with van der Waals surface area (Å²) in [6, 6.07) is 5.35. The van der Waals surface area contributed by atoms with Crippen LogP contribution >= 0.6 is 11.3 Å². The van der Waals surface area contributed by atoms with Gasteiger partial charge in [-0.1, -0.05) is 27.2 Å². The molecule has 1 aliphatic carbocycles. The van der Waals surface area contributed by atoms with Crippen LogP contribution in [0.1, 0.15) is 57.2 Å². The van der Waals surface area contributed by atoms with Crippen LogP contribution in [0.3, 0.4) is 0 Å². The summed E-state index contributed by atoms with van der Waals surface area (Å²) in [5.41, 5.74) is 2.58. The average Bonchev–Trinajstić information content (AvgIpc) is 3.26. The SMILES string of the molecule is CC[C@@H]1C[C@]1(NC(=O)[C@@H]1C[C@@H](Oc2cc(-c3nc(C(C)C)cs3)nc3c(C)c(OC)ccc23)CN1)C(=O)OC. The summed E-state index contributed by atoms with van der Waals surface area (Å²) < 4.78 is 17.1. The van der Waals surface area contributed by atoms with Crippen LogP contribution in [0.15, 0.2) is 23.6 Å². The number of thiazole rings is 1. The van der Waals surface area contributed by atoms with Crippen LogP contribution in [0.5, 0.6) is 11.5 Å². The molecule has 2 aromatic heterocycles. The number of ether oxygens (including phenoxy) is 3. The second kappa shape index (κ2) is 10.7. The standard InChI is InChI=1S/C29H36N4O5S/c1-7-17-12-29(17,28(35)37-6)33-26(34)20-10-18(13-30-20)38-24-11-21(27-32-22(14-39-27)15(2)3)31-25-16(4)23(36-5)9-8-19(24)25/h8-9,11,14-15,17-18,20,30H,7,10,12-13H2,1-6H3,(H,33,34)/t17-,18-,20+,29-/m1/s1. The summed E-state index contributed by atoms with van der Waals surface area (Å²) in [4.78, 5) is 35.3. The lowest BCUT2D eigenvalue weighted by Gasteiger charge is -2.20. The van der Waals surface area contributed by atoms with Crippen molar-refractivity contribution < 1.29 is 23.8 Å². The number of amides is 1. The topological polar surface area (TPSA) is 112 Å². The number of nitrogens with one attached hydrogen (secondary N) is 2. The van der Waals surface area contributed by atoms with E-state index < -0.39 is 11.6 Å². The number of fused-ring (bicyclic) bond motifs is 1. The molecule has 5 rings (SSSR count). The van der Waals surface area contributed by atoms with Crippen molar-refractivity contribution in [2.24, 2.45) is 5.92 Å². The van der Waals surface area contributed by atoms with Crippen LogP contribution in [-0.4, -0.2) is 60.3 Å². The van der Waals surface area contributed by atoms with Crippen LogP contribution in [0.2, 0.25) is 0 Å². The van der Waals surface area contributed by atoms with E-state index in [2.05, 4.69) is 29.9 Å². The minimum atomic E-state index is -0.906. The molecule has 1 aliphatic heterocycles. The highest BCUT2D eigenvalue weighted by Gasteiger charge is 2.61. The molecule has 0 unspecified atom stereocenters. The highest BCUT2D eigenvalue weighted by Crippen LogP contribution is 2.47. The van der Waals surface area contributed by atoms with Gasteiger partial charge in [-0.05, 0) is 37.3 Å². The third-order valence-corrected chi connectivity index (χ3v) is 8.78. The second-order valence-electron chi connectivity index (χ2n) is 10.7. The Kier molecular flexibility index (Phi) is 7.52. The molecule has 3 aromatic rings. The molecule has 1 aromatic carbocycles. The summed E-state index contributed by atoms with van der Waals surface area (Å²) in [6.07, 6.45) is 1.65. The van der Waals surface area contributed by atoms with Gasteiger partial charge in [0.2, 0.25) is 5.91 Å². The zero-order valence-electron chi connectivity index (χ0n) is 23.3. The Balaban J connectivity index is 1.39. The third kappa shape index (κ3) is 5.07. The largest absolute Gasteiger partial charge is 0.496 e.